The van der Waals surface area contributed by atoms with Gasteiger partial charge in [-0.2, -0.15) is 0 Å². The molecule has 0 radical (unpaired) electrons. The maximum absolute atomic E-state index is 12.5. The van der Waals surface area contributed by atoms with Gasteiger partial charge in [-0.3, -0.25) is 4.79 Å². The summed E-state index contributed by atoms with van der Waals surface area (Å²) in [7, 11) is 1.81. The highest BCUT2D eigenvalue weighted by molar-refractivity contribution is 5.94. The Balaban J connectivity index is 1.86. The molecule has 0 spiro atoms. The maximum Gasteiger partial charge on any atom is 0.271 e. The summed E-state index contributed by atoms with van der Waals surface area (Å²) < 4.78 is 7.37. The number of ether oxygens (including phenoxy) is 1. The van der Waals surface area contributed by atoms with Crippen LogP contribution in [0.25, 0.3) is 5.65 Å². The van der Waals surface area contributed by atoms with Gasteiger partial charge in [-0.05, 0) is 31.0 Å². The first-order valence-electron chi connectivity index (χ1n) is 8.50. The highest BCUT2D eigenvalue weighted by Crippen LogP contribution is 2.26. The number of rotatable bonds is 1. The summed E-state index contributed by atoms with van der Waals surface area (Å²) in [5, 5.41) is 13.8. The Bertz CT molecular complexity index is 981. The second-order valence-electron chi connectivity index (χ2n) is 6.19. The minimum absolute atomic E-state index is 0.212. The first kappa shape index (κ1) is 16.2. The third kappa shape index (κ3) is 3.01. The molecule has 1 amide bonds. The minimum atomic E-state index is -0.212. The largest absolute Gasteiger partial charge is 0.493 e. The number of aromatic nitrogens is 3. The molecule has 26 heavy (non-hydrogen) atoms. The highest BCUT2D eigenvalue weighted by Gasteiger charge is 2.17. The lowest BCUT2D eigenvalue weighted by Gasteiger charge is -2.14. The minimum Gasteiger partial charge on any atom is -0.493 e. The van der Waals surface area contributed by atoms with Crippen LogP contribution >= 0.6 is 0 Å². The Morgan fingerprint density at radius 2 is 2.15 bits per heavy atom. The van der Waals surface area contributed by atoms with Gasteiger partial charge in [0.2, 0.25) is 0 Å². The summed E-state index contributed by atoms with van der Waals surface area (Å²) in [6, 6.07) is 7.81. The molecule has 1 aromatic carbocycles. The molecule has 0 unspecified atom stereocenters. The fourth-order valence-electron chi connectivity index (χ4n) is 2.97. The number of amides is 1. The molecule has 2 aromatic heterocycles. The van der Waals surface area contributed by atoms with Crippen LogP contribution in [0, 0.1) is 6.92 Å². The van der Waals surface area contributed by atoms with Crippen molar-refractivity contribution in [3.63, 3.8) is 0 Å². The normalized spacial score (nSPS) is 14.3. The van der Waals surface area contributed by atoms with Gasteiger partial charge in [0.05, 0.1) is 18.5 Å². The smallest absolute Gasteiger partial charge is 0.271 e. The van der Waals surface area contributed by atoms with E-state index < -0.39 is 0 Å². The van der Waals surface area contributed by atoms with Gasteiger partial charge in [0.1, 0.15) is 5.75 Å². The quantitative estimate of drug-likeness (QED) is 0.622. The number of fused-ring (bicyclic) bond motifs is 3. The van der Waals surface area contributed by atoms with Gasteiger partial charge in [-0.15, -0.1) is 5.10 Å². The van der Waals surface area contributed by atoms with Crippen LogP contribution < -0.4 is 20.7 Å². The molecule has 8 heteroatoms. The van der Waals surface area contributed by atoms with Gasteiger partial charge in [0.15, 0.2) is 17.2 Å². The number of hydrogen-bond acceptors (Lipinski definition) is 6. The predicted molar refractivity (Wildman–Crippen MR) is 99.4 cm³/mol. The van der Waals surface area contributed by atoms with Crippen molar-refractivity contribution in [2.75, 3.05) is 30.8 Å². The Kier molecular flexibility index (Phi) is 4.08. The van der Waals surface area contributed by atoms with Crippen molar-refractivity contribution in [2.24, 2.45) is 0 Å². The molecule has 3 heterocycles. The van der Waals surface area contributed by atoms with Crippen LogP contribution in [-0.2, 0) is 0 Å². The summed E-state index contributed by atoms with van der Waals surface area (Å²) in [5.74, 6) is 1.17. The summed E-state index contributed by atoms with van der Waals surface area (Å²) >= 11 is 0. The third-order valence-corrected chi connectivity index (χ3v) is 4.17. The molecule has 134 valence electrons. The van der Waals surface area contributed by atoms with Crippen molar-refractivity contribution in [2.45, 2.75) is 13.3 Å². The lowest BCUT2D eigenvalue weighted by molar-refractivity contribution is 0.0944. The zero-order chi connectivity index (χ0) is 18.1. The molecule has 0 fully saturated rings. The number of carbonyl (C=O) groups is 1. The molecule has 3 aromatic rings. The Labute approximate surface area is 150 Å². The monoisotopic (exact) mass is 352 g/mol. The number of benzene rings is 1. The van der Waals surface area contributed by atoms with E-state index in [1.165, 1.54) is 6.20 Å². The fourth-order valence-corrected chi connectivity index (χ4v) is 2.97. The van der Waals surface area contributed by atoms with E-state index in [2.05, 4.69) is 26.0 Å². The second kappa shape index (κ2) is 6.55. The van der Waals surface area contributed by atoms with Crippen LogP contribution in [-0.4, -0.2) is 40.7 Å². The maximum atomic E-state index is 12.5. The van der Waals surface area contributed by atoms with E-state index in [1.54, 1.807) is 4.52 Å². The van der Waals surface area contributed by atoms with Crippen molar-refractivity contribution < 1.29 is 9.53 Å². The summed E-state index contributed by atoms with van der Waals surface area (Å²) in [6.45, 7) is 3.06. The molecule has 4 rings (SSSR count). The molecule has 1 aliphatic rings. The van der Waals surface area contributed by atoms with Crippen LogP contribution in [0.15, 0.2) is 30.5 Å². The molecule has 0 saturated carbocycles. The van der Waals surface area contributed by atoms with Crippen LogP contribution in [0.3, 0.4) is 0 Å². The van der Waals surface area contributed by atoms with Crippen molar-refractivity contribution in [1.82, 2.24) is 19.9 Å². The SMILES string of the molecule is CNc1cc2nn3c(cnc13)C(=O)NCCCOc1cc(C)cc(c1)N2. The van der Waals surface area contributed by atoms with Gasteiger partial charge in [0, 0.05) is 31.4 Å². The van der Waals surface area contributed by atoms with Crippen LogP contribution in [0.2, 0.25) is 0 Å². The molecule has 0 saturated heterocycles. The third-order valence-electron chi connectivity index (χ3n) is 4.17. The average Bonchev–Trinajstić information content (AvgIpc) is 3.03. The topological polar surface area (TPSA) is 92.6 Å². The molecule has 0 aliphatic carbocycles. The van der Waals surface area contributed by atoms with E-state index in [-0.39, 0.29) is 5.91 Å². The first-order valence-corrected chi connectivity index (χ1v) is 8.50. The number of nitrogens with zero attached hydrogens (tertiary/aromatic N) is 3. The standard InChI is InChI=1S/C18H20N6O2/c1-11-6-12-8-13(7-11)26-5-3-4-20-18(25)15-10-21-17-14(19-2)9-16(22-12)23-24(15)17/h6-10,19H,3-5H2,1-2H3,(H,20,25)(H,22,23). The van der Waals surface area contributed by atoms with Gasteiger partial charge in [-0.1, -0.05) is 0 Å². The van der Waals surface area contributed by atoms with Gasteiger partial charge in [0.25, 0.3) is 5.91 Å². The highest BCUT2D eigenvalue weighted by atomic mass is 16.5. The zero-order valence-electron chi connectivity index (χ0n) is 14.7. The molecular weight excluding hydrogens is 332 g/mol. The molecule has 3 N–H and O–H groups in total. The molecular formula is C18H20N6O2. The molecule has 1 aliphatic heterocycles. The van der Waals surface area contributed by atoms with E-state index >= 15 is 0 Å². The second-order valence-corrected chi connectivity index (χ2v) is 6.19. The van der Waals surface area contributed by atoms with Gasteiger partial charge < -0.3 is 20.7 Å². The van der Waals surface area contributed by atoms with Crippen molar-refractivity contribution >= 4 is 28.7 Å². The van der Waals surface area contributed by atoms with Crippen molar-refractivity contribution in [3.05, 3.63) is 41.7 Å². The number of aryl methyl sites for hydroxylation is 1. The average molecular weight is 352 g/mol. The predicted octanol–water partition coefficient (Wildman–Crippen LogP) is 2.34. The number of imidazole rings is 1. The van der Waals surface area contributed by atoms with Crippen LogP contribution in [0.4, 0.5) is 17.2 Å². The number of hydrogen-bond donors (Lipinski definition) is 3. The fraction of sp³-hybridized carbons (Fsp3) is 0.278. The van der Waals surface area contributed by atoms with Crippen LogP contribution in [0.1, 0.15) is 22.5 Å². The van der Waals surface area contributed by atoms with Crippen LogP contribution in [0.5, 0.6) is 5.75 Å². The Hall–Kier alpha value is -3.29. The van der Waals surface area contributed by atoms with E-state index in [4.69, 9.17) is 4.74 Å². The first-order chi connectivity index (χ1) is 12.6. The summed E-state index contributed by atoms with van der Waals surface area (Å²) in [4.78, 5) is 16.8. The lowest BCUT2D eigenvalue weighted by Crippen LogP contribution is -2.27. The van der Waals surface area contributed by atoms with E-state index in [0.717, 1.165) is 22.7 Å². The van der Waals surface area contributed by atoms with Crippen molar-refractivity contribution in [3.8, 4) is 5.75 Å². The summed E-state index contributed by atoms with van der Waals surface area (Å²) in [6.07, 6.45) is 2.25. The summed E-state index contributed by atoms with van der Waals surface area (Å²) in [5.41, 5.74) is 3.73. The number of carbonyl (C=O) groups excluding carboxylic acids is 1. The number of anilines is 3. The zero-order valence-corrected chi connectivity index (χ0v) is 14.7. The van der Waals surface area contributed by atoms with E-state index in [0.29, 0.717) is 36.7 Å². The van der Waals surface area contributed by atoms with E-state index in [9.17, 15) is 4.79 Å². The van der Waals surface area contributed by atoms with Gasteiger partial charge >= 0.3 is 0 Å². The Morgan fingerprint density at radius 1 is 1.27 bits per heavy atom. The Morgan fingerprint density at radius 3 is 3.00 bits per heavy atom. The van der Waals surface area contributed by atoms with Gasteiger partial charge in [-0.25, -0.2) is 9.50 Å². The van der Waals surface area contributed by atoms with E-state index in [1.807, 2.05) is 38.2 Å². The molecule has 8 nitrogen and oxygen atoms in total. The number of nitrogens with one attached hydrogen (secondary N) is 3. The van der Waals surface area contributed by atoms with Crippen molar-refractivity contribution in [1.29, 1.82) is 0 Å². The lowest BCUT2D eigenvalue weighted by atomic mass is 10.2. The molecule has 0 atom stereocenters. The molecule has 4 bridgehead atoms.